The summed E-state index contributed by atoms with van der Waals surface area (Å²) in [5.74, 6) is 0.713. The van der Waals surface area contributed by atoms with Crippen LogP contribution in [0.3, 0.4) is 0 Å². The molecule has 0 aromatic heterocycles. The van der Waals surface area contributed by atoms with Crippen molar-refractivity contribution in [3.63, 3.8) is 0 Å². The van der Waals surface area contributed by atoms with Crippen molar-refractivity contribution in [1.82, 2.24) is 0 Å². The fourth-order valence-corrected chi connectivity index (χ4v) is 3.24. The molecule has 0 radical (unpaired) electrons. The molecule has 0 unspecified atom stereocenters. The van der Waals surface area contributed by atoms with Crippen molar-refractivity contribution in [2.24, 2.45) is 17.1 Å². The van der Waals surface area contributed by atoms with Crippen LogP contribution < -0.4 is 11.1 Å². The number of anilines is 1. The van der Waals surface area contributed by atoms with Gasteiger partial charge in [-0.25, -0.2) is 0 Å². The summed E-state index contributed by atoms with van der Waals surface area (Å²) in [6, 6.07) is 6.01. The summed E-state index contributed by atoms with van der Waals surface area (Å²) in [5.41, 5.74) is 8.20. The Morgan fingerprint density at radius 2 is 2.17 bits per heavy atom. The van der Waals surface area contributed by atoms with Crippen LogP contribution in [0.25, 0.3) is 0 Å². The van der Waals surface area contributed by atoms with E-state index in [0.717, 1.165) is 22.3 Å². The molecule has 1 aromatic carbocycles. The molecule has 0 saturated heterocycles. The molecule has 0 aliphatic heterocycles. The Kier molecular flexibility index (Phi) is 3.97. The molecule has 0 atom stereocenters. The van der Waals surface area contributed by atoms with Crippen molar-refractivity contribution in [1.29, 1.82) is 0 Å². The Labute approximate surface area is 122 Å². The number of halogens is 1. The third kappa shape index (κ3) is 2.69. The molecule has 18 heavy (non-hydrogen) atoms. The summed E-state index contributed by atoms with van der Waals surface area (Å²) in [6.07, 6.45) is 2.63. The van der Waals surface area contributed by atoms with E-state index in [2.05, 4.69) is 35.1 Å². The molecule has 4 heteroatoms. The summed E-state index contributed by atoms with van der Waals surface area (Å²) in [5, 5.41) is 3.52. The first-order valence-corrected chi connectivity index (χ1v) is 7.48. The molecule has 98 valence electrons. The van der Waals surface area contributed by atoms with Gasteiger partial charge in [-0.1, -0.05) is 32.1 Å². The fourth-order valence-electron chi connectivity index (χ4n) is 2.31. The molecule has 1 aromatic rings. The number of hydrogen-bond donors (Lipinski definition) is 2. The van der Waals surface area contributed by atoms with E-state index < -0.39 is 0 Å². The molecular weight excluding hydrogens is 308 g/mol. The predicted octanol–water partition coefficient (Wildman–Crippen LogP) is 3.93. The van der Waals surface area contributed by atoms with Gasteiger partial charge in [0.25, 0.3) is 0 Å². The third-order valence-corrected chi connectivity index (χ3v) is 4.87. The lowest BCUT2D eigenvalue weighted by molar-refractivity contribution is 0.380. The molecule has 2 rings (SSSR count). The highest BCUT2D eigenvalue weighted by molar-refractivity contribution is 9.10. The minimum atomic E-state index is 0.430. The van der Waals surface area contributed by atoms with Gasteiger partial charge in [0.1, 0.15) is 4.99 Å². The van der Waals surface area contributed by atoms with E-state index in [-0.39, 0.29) is 0 Å². The summed E-state index contributed by atoms with van der Waals surface area (Å²) < 4.78 is 0.953. The van der Waals surface area contributed by atoms with Crippen molar-refractivity contribution < 1.29 is 0 Å². The zero-order valence-electron chi connectivity index (χ0n) is 10.8. The maximum atomic E-state index is 5.79. The predicted molar refractivity (Wildman–Crippen MR) is 85.0 cm³/mol. The van der Waals surface area contributed by atoms with E-state index in [1.54, 1.807) is 0 Å². The van der Waals surface area contributed by atoms with E-state index in [0.29, 0.717) is 16.3 Å². The van der Waals surface area contributed by atoms with Crippen LogP contribution in [0.1, 0.15) is 32.3 Å². The van der Waals surface area contributed by atoms with Crippen molar-refractivity contribution in [2.75, 3.05) is 11.9 Å². The number of rotatable bonds is 5. The van der Waals surface area contributed by atoms with Gasteiger partial charge in [-0.15, -0.1) is 0 Å². The molecule has 0 amide bonds. The number of nitrogens with one attached hydrogen (secondary N) is 1. The summed E-state index contributed by atoms with van der Waals surface area (Å²) >= 11 is 8.62. The average molecular weight is 327 g/mol. The lowest BCUT2D eigenvalue weighted by Crippen LogP contribution is -2.22. The first-order valence-electron chi connectivity index (χ1n) is 6.28. The third-order valence-electron chi connectivity index (χ3n) is 4.01. The van der Waals surface area contributed by atoms with Crippen LogP contribution in [0.15, 0.2) is 22.7 Å². The molecule has 1 aliphatic rings. The standard InChI is InChI=1S/C14H19BrN2S/c1-9(2)14(6-7-14)8-17-11-5-3-4-10(15)12(11)13(16)18/h3-5,9,17H,6-8H2,1-2H3,(H2,16,18). The zero-order valence-corrected chi connectivity index (χ0v) is 13.2. The highest BCUT2D eigenvalue weighted by Gasteiger charge is 2.44. The molecular formula is C14H19BrN2S. The Bertz CT molecular complexity index is 467. The Hall–Kier alpha value is -0.610. The second kappa shape index (κ2) is 5.17. The monoisotopic (exact) mass is 326 g/mol. The van der Waals surface area contributed by atoms with Gasteiger partial charge in [0.15, 0.2) is 0 Å². The lowest BCUT2D eigenvalue weighted by atomic mass is 9.92. The normalized spacial score (nSPS) is 16.7. The van der Waals surface area contributed by atoms with E-state index in [1.165, 1.54) is 12.8 Å². The Morgan fingerprint density at radius 1 is 1.50 bits per heavy atom. The molecule has 3 N–H and O–H groups in total. The zero-order chi connectivity index (χ0) is 13.3. The van der Waals surface area contributed by atoms with Crippen LogP contribution in [-0.4, -0.2) is 11.5 Å². The largest absolute Gasteiger partial charge is 0.389 e. The maximum Gasteiger partial charge on any atom is 0.107 e. The SMILES string of the molecule is CC(C)C1(CNc2cccc(Br)c2C(N)=S)CC1. The van der Waals surface area contributed by atoms with Crippen molar-refractivity contribution in [3.8, 4) is 0 Å². The molecule has 0 heterocycles. The molecule has 1 aliphatic carbocycles. The van der Waals surface area contributed by atoms with E-state index in [1.807, 2.05) is 18.2 Å². The topological polar surface area (TPSA) is 38.0 Å². The minimum absolute atomic E-state index is 0.430. The Morgan fingerprint density at radius 3 is 2.67 bits per heavy atom. The highest BCUT2D eigenvalue weighted by atomic mass is 79.9. The highest BCUT2D eigenvalue weighted by Crippen LogP contribution is 2.51. The minimum Gasteiger partial charge on any atom is -0.389 e. The molecule has 0 spiro atoms. The Balaban J connectivity index is 2.15. The van der Waals surface area contributed by atoms with E-state index in [9.17, 15) is 0 Å². The van der Waals surface area contributed by atoms with Gasteiger partial charge in [0.2, 0.25) is 0 Å². The van der Waals surface area contributed by atoms with Crippen molar-refractivity contribution >= 4 is 38.8 Å². The first kappa shape index (κ1) is 13.8. The van der Waals surface area contributed by atoms with Crippen LogP contribution in [0.2, 0.25) is 0 Å². The van der Waals surface area contributed by atoms with Crippen molar-refractivity contribution in [3.05, 3.63) is 28.2 Å². The van der Waals surface area contributed by atoms with Gasteiger partial charge in [0.05, 0.1) is 0 Å². The average Bonchev–Trinajstić information content (AvgIpc) is 3.06. The second-order valence-electron chi connectivity index (χ2n) is 5.40. The van der Waals surface area contributed by atoms with Crippen LogP contribution in [0, 0.1) is 11.3 Å². The smallest absolute Gasteiger partial charge is 0.107 e. The second-order valence-corrected chi connectivity index (χ2v) is 6.69. The lowest BCUT2D eigenvalue weighted by Gasteiger charge is -2.22. The summed E-state index contributed by atoms with van der Waals surface area (Å²) in [4.78, 5) is 0.430. The molecule has 0 bridgehead atoms. The van der Waals surface area contributed by atoms with Crippen molar-refractivity contribution in [2.45, 2.75) is 26.7 Å². The van der Waals surface area contributed by atoms with Crippen LogP contribution >= 0.6 is 28.1 Å². The van der Waals surface area contributed by atoms with Gasteiger partial charge in [-0.05, 0) is 52.2 Å². The van der Waals surface area contributed by atoms with E-state index >= 15 is 0 Å². The number of thiocarbonyl (C=S) groups is 1. The summed E-state index contributed by atoms with van der Waals surface area (Å²) in [6.45, 7) is 5.59. The molecule has 1 fully saturated rings. The van der Waals surface area contributed by atoms with Gasteiger partial charge >= 0.3 is 0 Å². The van der Waals surface area contributed by atoms with Gasteiger partial charge in [0, 0.05) is 22.3 Å². The van der Waals surface area contributed by atoms with Crippen LogP contribution in [0.4, 0.5) is 5.69 Å². The molecule has 2 nitrogen and oxygen atoms in total. The number of hydrogen-bond acceptors (Lipinski definition) is 2. The van der Waals surface area contributed by atoms with Gasteiger partial charge in [-0.3, -0.25) is 0 Å². The quantitative estimate of drug-likeness (QED) is 0.805. The molecule has 1 saturated carbocycles. The van der Waals surface area contributed by atoms with E-state index in [4.69, 9.17) is 18.0 Å². The fraction of sp³-hybridized carbons (Fsp3) is 0.500. The number of nitrogens with two attached hydrogens (primary N) is 1. The van der Waals surface area contributed by atoms with Gasteiger partial charge in [-0.2, -0.15) is 0 Å². The van der Waals surface area contributed by atoms with Gasteiger partial charge < -0.3 is 11.1 Å². The van der Waals surface area contributed by atoms with Crippen LogP contribution in [0.5, 0.6) is 0 Å². The number of benzene rings is 1. The first-order chi connectivity index (χ1) is 8.46. The maximum absolute atomic E-state index is 5.79. The summed E-state index contributed by atoms with van der Waals surface area (Å²) in [7, 11) is 0. The van der Waals surface area contributed by atoms with Crippen LogP contribution in [-0.2, 0) is 0 Å².